The van der Waals surface area contributed by atoms with Gasteiger partial charge in [-0.25, -0.2) is 0 Å². The maximum Gasteiger partial charge on any atom is 0.0224 e. The molecule has 0 unspecified atom stereocenters. The van der Waals surface area contributed by atoms with Gasteiger partial charge in [0.25, 0.3) is 0 Å². The average molecular weight is 99.2 g/mol. The van der Waals surface area contributed by atoms with Gasteiger partial charge in [-0.15, -0.1) is 0 Å². The molecular formula is C6H13N. The van der Waals surface area contributed by atoms with Crippen molar-refractivity contribution in [3.05, 3.63) is 0 Å². The maximum absolute atomic E-state index is 2.46. The first-order valence-corrected chi connectivity index (χ1v) is 3.03. The fourth-order valence-electron chi connectivity index (χ4n) is 1.16. The molecule has 1 aliphatic rings. The molecule has 0 aliphatic carbocycles. The van der Waals surface area contributed by atoms with Gasteiger partial charge in [-0.05, 0) is 20.4 Å². The maximum atomic E-state index is 2.46. The van der Waals surface area contributed by atoms with Crippen molar-refractivity contribution in [3.8, 4) is 0 Å². The third-order valence-electron chi connectivity index (χ3n) is 2.02. The van der Waals surface area contributed by atoms with E-state index in [1.54, 1.807) is 0 Å². The molecule has 1 aliphatic heterocycles. The van der Waals surface area contributed by atoms with E-state index in [4.69, 9.17) is 0 Å². The quantitative estimate of drug-likeness (QED) is 0.445. The molecule has 1 rings (SSSR count). The molecule has 1 nitrogen and oxygen atoms in total. The summed E-state index contributed by atoms with van der Waals surface area (Å²) in [5.74, 6) is 0. The van der Waals surface area contributed by atoms with Crippen molar-refractivity contribution in [2.75, 3.05) is 6.54 Å². The number of hydrogen-bond acceptors (Lipinski definition) is 1. The van der Waals surface area contributed by atoms with E-state index in [0.717, 1.165) is 12.1 Å². The van der Waals surface area contributed by atoms with Gasteiger partial charge in [-0.3, -0.25) is 4.90 Å². The SMILES string of the molecule is CCN1[C@@H](C)[C@@H]1C. The Morgan fingerprint density at radius 2 is 1.71 bits per heavy atom. The number of rotatable bonds is 1. The Hall–Kier alpha value is -0.0400. The van der Waals surface area contributed by atoms with E-state index in [1.165, 1.54) is 6.54 Å². The lowest BCUT2D eigenvalue weighted by Crippen LogP contribution is -1.97. The highest BCUT2D eigenvalue weighted by molar-refractivity contribution is 4.94. The minimum atomic E-state index is 0.866. The van der Waals surface area contributed by atoms with Crippen molar-refractivity contribution in [1.82, 2.24) is 4.90 Å². The fraction of sp³-hybridized carbons (Fsp3) is 1.00. The van der Waals surface area contributed by atoms with E-state index in [1.807, 2.05) is 0 Å². The van der Waals surface area contributed by atoms with Gasteiger partial charge < -0.3 is 0 Å². The van der Waals surface area contributed by atoms with Crippen LogP contribution in [0.3, 0.4) is 0 Å². The Morgan fingerprint density at radius 1 is 1.29 bits per heavy atom. The summed E-state index contributed by atoms with van der Waals surface area (Å²) in [6, 6.07) is 1.73. The molecule has 1 fully saturated rings. The lowest BCUT2D eigenvalue weighted by atomic mass is 10.4. The third kappa shape index (κ3) is 0.653. The highest BCUT2D eigenvalue weighted by Gasteiger charge is 2.37. The van der Waals surface area contributed by atoms with E-state index in [9.17, 15) is 0 Å². The van der Waals surface area contributed by atoms with Crippen LogP contribution in [0.25, 0.3) is 0 Å². The zero-order valence-corrected chi connectivity index (χ0v) is 5.31. The summed E-state index contributed by atoms with van der Waals surface area (Å²) in [4.78, 5) is 2.46. The van der Waals surface area contributed by atoms with Crippen LogP contribution in [0.5, 0.6) is 0 Å². The third-order valence-corrected chi connectivity index (χ3v) is 2.02. The molecule has 0 aromatic carbocycles. The zero-order valence-electron chi connectivity index (χ0n) is 5.31. The van der Waals surface area contributed by atoms with Crippen molar-refractivity contribution >= 4 is 0 Å². The van der Waals surface area contributed by atoms with Crippen molar-refractivity contribution in [2.45, 2.75) is 32.9 Å². The molecule has 0 bridgehead atoms. The normalized spacial score (nSPS) is 49.3. The smallest absolute Gasteiger partial charge is 0.0224 e. The molecule has 0 N–H and O–H groups in total. The van der Waals surface area contributed by atoms with E-state index in [2.05, 4.69) is 25.7 Å². The summed E-state index contributed by atoms with van der Waals surface area (Å²) >= 11 is 0. The Labute approximate surface area is 45.3 Å². The Bertz CT molecular complexity index is 62.6. The lowest BCUT2D eigenvalue weighted by molar-refractivity contribution is 0.522. The number of likely N-dealkylation sites (N-methyl/N-ethyl adjacent to an activating group) is 1. The Morgan fingerprint density at radius 3 is 1.71 bits per heavy atom. The van der Waals surface area contributed by atoms with Crippen LogP contribution in [-0.2, 0) is 0 Å². The topological polar surface area (TPSA) is 3.01 Å². The van der Waals surface area contributed by atoms with Gasteiger partial charge in [0.15, 0.2) is 0 Å². The van der Waals surface area contributed by atoms with Crippen LogP contribution in [0, 0.1) is 0 Å². The van der Waals surface area contributed by atoms with Crippen LogP contribution in [0.1, 0.15) is 20.8 Å². The molecule has 2 atom stereocenters. The van der Waals surface area contributed by atoms with Crippen LogP contribution in [-0.4, -0.2) is 23.5 Å². The van der Waals surface area contributed by atoms with Crippen LogP contribution >= 0.6 is 0 Å². The number of nitrogens with zero attached hydrogens (tertiary/aromatic N) is 1. The standard InChI is InChI=1S/C6H13N/c1-4-7-5(2)6(7)3/h5-6H,4H2,1-3H3/t5-,6-/m0/s1. The largest absolute Gasteiger partial charge is 0.295 e. The Balaban J connectivity index is 2.24. The molecule has 7 heavy (non-hydrogen) atoms. The molecule has 0 amide bonds. The van der Waals surface area contributed by atoms with Gasteiger partial charge in [-0.1, -0.05) is 6.92 Å². The van der Waals surface area contributed by atoms with E-state index >= 15 is 0 Å². The minimum absolute atomic E-state index is 0.866. The zero-order chi connectivity index (χ0) is 5.44. The summed E-state index contributed by atoms with van der Waals surface area (Å²) < 4.78 is 0. The van der Waals surface area contributed by atoms with Crippen LogP contribution in [0.2, 0.25) is 0 Å². The van der Waals surface area contributed by atoms with Crippen molar-refractivity contribution in [1.29, 1.82) is 0 Å². The summed E-state index contributed by atoms with van der Waals surface area (Å²) in [5, 5.41) is 0. The predicted octanol–water partition coefficient (Wildman–Crippen LogP) is 1.10. The van der Waals surface area contributed by atoms with Gasteiger partial charge in [0.05, 0.1) is 0 Å². The molecule has 1 saturated heterocycles. The van der Waals surface area contributed by atoms with Crippen molar-refractivity contribution in [2.24, 2.45) is 0 Å². The first kappa shape index (κ1) is 5.10. The van der Waals surface area contributed by atoms with Gasteiger partial charge in [-0.2, -0.15) is 0 Å². The minimum Gasteiger partial charge on any atom is -0.295 e. The molecule has 0 aromatic rings. The molecule has 0 saturated carbocycles. The average Bonchev–Trinajstić information content (AvgIpc) is 2.17. The second-order valence-corrected chi connectivity index (χ2v) is 2.31. The Kier molecular flexibility index (Phi) is 1.08. The van der Waals surface area contributed by atoms with Gasteiger partial charge >= 0.3 is 0 Å². The summed E-state index contributed by atoms with van der Waals surface area (Å²) in [6.45, 7) is 7.98. The first-order chi connectivity index (χ1) is 3.27. The van der Waals surface area contributed by atoms with Gasteiger partial charge in [0.1, 0.15) is 0 Å². The summed E-state index contributed by atoms with van der Waals surface area (Å²) in [5.41, 5.74) is 0. The van der Waals surface area contributed by atoms with Crippen LogP contribution < -0.4 is 0 Å². The fourth-order valence-corrected chi connectivity index (χ4v) is 1.16. The number of hydrogen-bond donors (Lipinski definition) is 0. The second kappa shape index (κ2) is 1.48. The molecule has 0 spiro atoms. The monoisotopic (exact) mass is 99.1 g/mol. The lowest BCUT2D eigenvalue weighted by Gasteiger charge is -1.89. The van der Waals surface area contributed by atoms with Crippen molar-refractivity contribution < 1.29 is 0 Å². The van der Waals surface area contributed by atoms with Gasteiger partial charge in [0.2, 0.25) is 0 Å². The molecule has 0 aromatic heterocycles. The van der Waals surface area contributed by atoms with Crippen LogP contribution in [0.15, 0.2) is 0 Å². The van der Waals surface area contributed by atoms with E-state index in [-0.39, 0.29) is 0 Å². The van der Waals surface area contributed by atoms with Gasteiger partial charge in [0, 0.05) is 12.1 Å². The van der Waals surface area contributed by atoms with E-state index < -0.39 is 0 Å². The van der Waals surface area contributed by atoms with Crippen LogP contribution in [0.4, 0.5) is 0 Å². The first-order valence-electron chi connectivity index (χ1n) is 3.03. The molecule has 1 heterocycles. The summed E-state index contributed by atoms with van der Waals surface area (Å²) in [6.07, 6.45) is 0. The molecular weight excluding hydrogens is 86.1 g/mol. The molecule has 42 valence electrons. The molecule has 1 heteroatoms. The predicted molar refractivity (Wildman–Crippen MR) is 31.3 cm³/mol. The summed E-state index contributed by atoms with van der Waals surface area (Å²) in [7, 11) is 0. The van der Waals surface area contributed by atoms with Crippen molar-refractivity contribution in [3.63, 3.8) is 0 Å². The highest BCUT2D eigenvalue weighted by atomic mass is 15.3. The second-order valence-electron chi connectivity index (χ2n) is 2.31. The van der Waals surface area contributed by atoms with E-state index in [0.29, 0.717) is 0 Å². The highest BCUT2D eigenvalue weighted by Crippen LogP contribution is 2.25. The molecule has 0 radical (unpaired) electrons.